The van der Waals surface area contributed by atoms with Crippen molar-refractivity contribution in [2.24, 2.45) is 5.73 Å². The van der Waals surface area contributed by atoms with Crippen LogP contribution in [0.3, 0.4) is 0 Å². The Morgan fingerprint density at radius 3 is 2.12 bits per heavy atom. The van der Waals surface area contributed by atoms with Crippen LogP contribution in [0, 0.1) is 0 Å². The van der Waals surface area contributed by atoms with Gasteiger partial charge in [-0.1, -0.05) is 0 Å². The minimum absolute atomic E-state index is 0.124. The molecular weight excluding hydrogens is 234 g/mol. The van der Waals surface area contributed by atoms with Gasteiger partial charge in [0.2, 0.25) is 5.91 Å². The van der Waals surface area contributed by atoms with Crippen molar-refractivity contribution in [3.63, 3.8) is 0 Å². The Morgan fingerprint density at radius 1 is 1.56 bits per heavy atom. The predicted octanol–water partition coefficient (Wildman–Crippen LogP) is -1.07. The first-order valence-electron chi connectivity index (χ1n) is 4.43. The van der Waals surface area contributed by atoms with Crippen LogP contribution >= 0.6 is 12.6 Å². The number of amides is 3. The summed E-state index contributed by atoms with van der Waals surface area (Å²) in [6, 6.07) is -1.30. The molecule has 1 aliphatic heterocycles. The molecule has 0 saturated carbocycles. The number of imide groups is 1. The number of thiol groups is 1. The van der Waals surface area contributed by atoms with Crippen LogP contribution in [0.1, 0.15) is 13.8 Å². The van der Waals surface area contributed by atoms with Crippen molar-refractivity contribution in [3.8, 4) is 0 Å². The quantitative estimate of drug-likeness (QED) is 0.315. The molecule has 1 rings (SSSR count). The van der Waals surface area contributed by atoms with Gasteiger partial charge in [-0.05, 0) is 13.8 Å². The fourth-order valence-corrected chi connectivity index (χ4v) is 0.788. The molecule has 0 spiro atoms. The molecule has 92 valence electrons. The van der Waals surface area contributed by atoms with E-state index >= 15 is 0 Å². The summed E-state index contributed by atoms with van der Waals surface area (Å²) in [5.74, 6) is -1.28. The number of carboxylic acids is 1. The van der Waals surface area contributed by atoms with Crippen molar-refractivity contribution in [1.29, 1.82) is 0 Å². The number of rotatable bonds is 2. The minimum atomic E-state index is -1.02. The lowest BCUT2D eigenvalue weighted by Crippen LogP contribution is -2.45. The van der Waals surface area contributed by atoms with Gasteiger partial charge in [0.15, 0.2) is 0 Å². The van der Waals surface area contributed by atoms with Gasteiger partial charge in [-0.15, -0.1) is 0 Å². The Hall–Kier alpha value is -1.28. The summed E-state index contributed by atoms with van der Waals surface area (Å²) in [6.07, 6.45) is 0. The number of carboxylic acid groups (broad SMARTS) is 1. The maximum absolute atomic E-state index is 10.2. The molecule has 0 radical (unpaired) electrons. The lowest BCUT2D eigenvalue weighted by atomic mass is 10.1. The van der Waals surface area contributed by atoms with Crippen LogP contribution in [-0.4, -0.2) is 40.3 Å². The number of nitrogens with one attached hydrogen (secondary N) is 2. The summed E-state index contributed by atoms with van der Waals surface area (Å²) in [5, 5.41) is 12.6. The summed E-state index contributed by atoms with van der Waals surface area (Å²) in [7, 11) is 0. The molecule has 0 aromatic heterocycles. The first-order valence-corrected chi connectivity index (χ1v) is 4.87. The van der Waals surface area contributed by atoms with Crippen LogP contribution < -0.4 is 16.4 Å². The number of nitrogens with two attached hydrogens (primary N) is 1. The Balaban J connectivity index is 0.000000288. The van der Waals surface area contributed by atoms with Gasteiger partial charge in [0, 0.05) is 4.75 Å². The van der Waals surface area contributed by atoms with E-state index in [4.69, 9.17) is 10.8 Å². The highest BCUT2D eigenvalue weighted by atomic mass is 32.1. The standard InChI is InChI=1S/C5H11NO2S.C3H4N2O2/c1-5(2,9)3(6)4(7)8;6-2-1-4-3(7)5-2/h3,9H,6H2,1-2H3,(H,7,8);1H2,(H2,4,5,6,7)/t3-;/m0./s1. The van der Waals surface area contributed by atoms with E-state index in [2.05, 4.69) is 17.9 Å². The Labute approximate surface area is 98.2 Å². The average molecular weight is 249 g/mol. The van der Waals surface area contributed by atoms with Gasteiger partial charge < -0.3 is 16.2 Å². The van der Waals surface area contributed by atoms with E-state index < -0.39 is 22.8 Å². The molecule has 0 unspecified atom stereocenters. The van der Waals surface area contributed by atoms with Crippen LogP contribution in [-0.2, 0) is 9.59 Å². The molecule has 0 bridgehead atoms. The van der Waals surface area contributed by atoms with Gasteiger partial charge in [-0.2, -0.15) is 12.6 Å². The normalized spacial score (nSPS) is 16.8. The number of hydrogen-bond donors (Lipinski definition) is 5. The molecule has 1 saturated heterocycles. The predicted molar refractivity (Wildman–Crippen MR) is 60.2 cm³/mol. The third-order valence-electron chi connectivity index (χ3n) is 1.69. The molecule has 1 aliphatic rings. The van der Waals surface area contributed by atoms with E-state index in [1.54, 1.807) is 13.8 Å². The van der Waals surface area contributed by atoms with E-state index in [9.17, 15) is 14.4 Å². The van der Waals surface area contributed by atoms with Crippen molar-refractivity contribution >= 4 is 30.5 Å². The Morgan fingerprint density at radius 2 is 2.06 bits per heavy atom. The van der Waals surface area contributed by atoms with E-state index in [-0.39, 0.29) is 12.5 Å². The molecule has 0 aromatic carbocycles. The lowest BCUT2D eigenvalue weighted by molar-refractivity contribution is -0.139. The zero-order valence-corrected chi connectivity index (χ0v) is 9.88. The van der Waals surface area contributed by atoms with Crippen molar-refractivity contribution in [3.05, 3.63) is 0 Å². The lowest BCUT2D eigenvalue weighted by Gasteiger charge is -2.21. The molecule has 16 heavy (non-hydrogen) atoms. The van der Waals surface area contributed by atoms with Crippen molar-refractivity contribution < 1.29 is 19.5 Å². The fraction of sp³-hybridized carbons (Fsp3) is 0.625. The maximum Gasteiger partial charge on any atom is 0.321 e. The van der Waals surface area contributed by atoms with Gasteiger partial charge in [0.05, 0.1) is 6.54 Å². The molecular formula is C8H15N3O4S. The van der Waals surface area contributed by atoms with Crippen molar-refractivity contribution in [2.75, 3.05) is 6.54 Å². The smallest absolute Gasteiger partial charge is 0.321 e. The first kappa shape index (κ1) is 14.7. The number of hydrogen-bond acceptors (Lipinski definition) is 5. The van der Waals surface area contributed by atoms with Crippen LogP contribution in [0.4, 0.5) is 4.79 Å². The zero-order chi connectivity index (χ0) is 12.9. The van der Waals surface area contributed by atoms with E-state index in [0.717, 1.165) is 0 Å². The third kappa shape index (κ3) is 5.56. The van der Waals surface area contributed by atoms with Gasteiger partial charge in [0.1, 0.15) is 6.04 Å². The summed E-state index contributed by atoms with van der Waals surface area (Å²) in [5.41, 5.74) is 5.22. The zero-order valence-electron chi connectivity index (χ0n) is 8.98. The SMILES string of the molecule is CC(C)(S)[C@@H](N)C(=O)O.O=C1CNC(=O)N1. The molecule has 0 aliphatic carbocycles. The molecule has 1 heterocycles. The number of carbonyl (C=O) groups is 3. The molecule has 3 amide bonds. The summed E-state index contributed by atoms with van der Waals surface area (Å²) < 4.78 is -0.647. The van der Waals surface area contributed by atoms with Gasteiger partial charge in [0.25, 0.3) is 0 Å². The highest BCUT2D eigenvalue weighted by Crippen LogP contribution is 2.15. The van der Waals surface area contributed by atoms with E-state index in [1.807, 2.05) is 5.32 Å². The largest absolute Gasteiger partial charge is 0.480 e. The molecule has 8 heteroatoms. The number of carbonyl (C=O) groups excluding carboxylic acids is 2. The molecule has 7 nitrogen and oxygen atoms in total. The second-order valence-electron chi connectivity index (χ2n) is 3.70. The van der Waals surface area contributed by atoms with Crippen LogP contribution in [0.2, 0.25) is 0 Å². The number of urea groups is 1. The van der Waals surface area contributed by atoms with E-state index in [1.165, 1.54) is 0 Å². The highest BCUT2D eigenvalue weighted by molar-refractivity contribution is 7.81. The highest BCUT2D eigenvalue weighted by Gasteiger charge is 2.27. The molecule has 1 atom stereocenters. The van der Waals surface area contributed by atoms with Crippen LogP contribution in [0.25, 0.3) is 0 Å². The topological polar surface area (TPSA) is 122 Å². The second-order valence-corrected chi connectivity index (χ2v) is 4.85. The monoisotopic (exact) mass is 249 g/mol. The maximum atomic E-state index is 10.2. The minimum Gasteiger partial charge on any atom is -0.480 e. The molecule has 1 fully saturated rings. The van der Waals surface area contributed by atoms with Gasteiger partial charge >= 0.3 is 12.0 Å². The van der Waals surface area contributed by atoms with Crippen LogP contribution in [0.15, 0.2) is 0 Å². The van der Waals surface area contributed by atoms with Crippen molar-refractivity contribution in [1.82, 2.24) is 10.6 Å². The Kier molecular flexibility index (Phi) is 5.25. The van der Waals surface area contributed by atoms with E-state index in [0.29, 0.717) is 0 Å². The Bertz CT molecular complexity index is 286. The van der Waals surface area contributed by atoms with Gasteiger partial charge in [-0.25, -0.2) is 4.79 Å². The summed E-state index contributed by atoms with van der Waals surface area (Å²) in [6.45, 7) is 3.45. The summed E-state index contributed by atoms with van der Waals surface area (Å²) in [4.78, 5) is 30.2. The third-order valence-corrected chi connectivity index (χ3v) is 1.97. The number of aliphatic carboxylic acids is 1. The molecule has 0 aromatic rings. The van der Waals surface area contributed by atoms with Crippen LogP contribution in [0.5, 0.6) is 0 Å². The van der Waals surface area contributed by atoms with Gasteiger partial charge in [-0.3, -0.25) is 14.9 Å². The fourth-order valence-electron chi connectivity index (χ4n) is 0.678. The summed E-state index contributed by atoms with van der Waals surface area (Å²) >= 11 is 3.98. The van der Waals surface area contributed by atoms with Crippen molar-refractivity contribution in [2.45, 2.75) is 24.6 Å². The average Bonchev–Trinajstić information content (AvgIpc) is 2.48. The second kappa shape index (κ2) is 5.71. The molecule has 5 N–H and O–H groups in total. The first-order chi connectivity index (χ1) is 7.14.